The van der Waals surface area contributed by atoms with Gasteiger partial charge in [-0.15, -0.1) is 11.8 Å². The molecular formula is C29H32O5S. The highest BCUT2D eigenvalue weighted by Gasteiger charge is 2.23. The van der Waals surface area contributed by atoms with Crippen molar-refractivity contribution in [1.82, 2.24) is 0 Å². The van der Waals surface area contributed by atoms with Gasteiger partial charge in [-0.1, -0.05) is 42.5 Å². The van der Waals surface area contributed by atoms with E-state index in [0.29, 0.717) is 24.9 Å². The first-order valence-electron chi connectivity index (χ1n) is 12.1. The molecule has 0 N–H and O–H groups in total. The second-order valence-corrected chi connectivity index (χ2v) is 9.61. The van der Waals surface area contributed by atoms with Gasteiger partial charge in [0, 0.05) is 24.3 Å². The molecule has 3 aromatic carbocycles. The molecule has 0 radical (unpaired) electrons. The summed E-state index contributed by atoms with van der Waals surface area (Å²) < 4.78 is 22.5. The molecule has 0 saturated carbocycles. The molecule has 0 amide bonds. The molecule has 0 aliphatic carbocycles. The molecule has 35 heavy (non-hydrogen) atoms. The lowest BCUT2D eigenvalue weighted by atomic mass is 10.1. The second kappa shape index (κ2) is 12.7. The van der Waals surface area contributed by atoms with Gasteiger partial charge < -0.3 is 18.9 Å². The van der Waals surface area contributed by atoms with Gasteiger partial charge in [0.1, 0.15) is 17.2 Å². The molecule has 1 heterocycles. The van der Waals surface area contributed by atoms with Gasteiger partial charge in [0.25, 0.3) is 0 Å². The summed E-state index contributed by atoms with van der Waals surface area (Å²) in [4.78, 5) is 13.1. The highest BCUT2D eigenvalue weighted by molar-refractivity contribution is 7.99. The number of hydrogen-bond acceptors (Lipinski definition) is 6. The Morgan fingerprint density at radius 1 is 0.971 bits per heavy atom. The largest absolute Gasteiger partial charge is 0.494 e. The van der Waals surface area contributed by atoms with E-state index >= 15 is 0 Å². The van der Waals surface area contributed by atoms with Crippen LogP contribution in [-0.2, 0) is 20.7 Å². The lowest BCUT2D eigenvalue weighted by Crippen LogP contribution is -2.27. The van der Waals surface area contributed by atoms with Crippen molar-refractivity contribution in [1.29, 1.82) is 0 Å². The van der Waals surface area contributed by atoms with Crippen LogP contribution in [-0.4, -0.2) is 32.4 Å². The van der Waals surface area contributed by atoms with Crippen molar-refractivity contribution in [3.05, 3.63) is 83.9 Å². The summed E-state index contributed by atoms with van der Waals surface area (Å²) >= 11 is 1.88. The lowest BCUT2D eigenvalue weighted by molar-refractivity contribution is -0.154. The predicted octanol–water partition coefficient (Wildman–Crippen LogP) is 7.00. The number of esters is 1. The average molecular weight is 493 g/mol. The normalized spacial score (nSPS) is 15.2. The fourth-order valence-electron chi connectivity index (χ4n) is 4.08. The van der Waals surface area contributed by atoms with Crippen molar-refractivity contribution >= 4 is 17.7 Å². The summed E-state index contributed by atoms with van der Waals surface area (Å²) in [5.41, 5.74) is 2.26. The molecule has 2 atom stereocenters. The third-order valence-corrected chi connectivity index (χ3v) is 7.28. The summed E-state index contributed by atoms with van der Waals surface area (Å²) in [6, 6.07) is 24.4. The highest BCUT2D eigenvalue weighted by Crippen LogP contribution is 2.49. The number of carbonyl (C=O) groups is 1. The zero-order valence-corrected chi connectivity index (χ0v) is 21.1. The molecule has 1 aliphatic rings. The first-order valence-corrected chi connectivity index (χ1v) is 13.0. The minimum Gasteiger partial charge on any atom is -0.494 e. The van der Waals surface area contributed by atoms with Gasteiger partial charge in [-0.05, 0) is 62.1 Å². The zero-order chi connectivity index (χ0) is 24.5. The van der Waals surface area contributed by atoms with Gasteiger partial charge in [-0.2, -0.15) is 0 Å². The molecule has 6 heteroatoms. The molecule has 3 aromatic rings. The van der Waals surface area contributed by atoms with Crippen molar-refractivity contribution in [3.8, 4) is 17.2 Å². The molecule has 184 valence electrons. The fraction of sp³-hybridized carbons (Fsp3) is 0.345. The first-order chi connectivity index (χ1) is 17.2. The highest BCUT2D eigenvalue weighted by atomic mass is 32.2. The van der Waals surface area contributed by atoms with Crippen molar-refractivity contribution in [2.24, 2.45) is 0 Å². The van der Waals surface area contributed by atoms with Crippen LogP contribution in [0, 0.1) is 0 Å². The zero-order valence-electron chi connectivity index (χ0n) is 20.3. The SMILES string of the molecule is CCOC(=O)C(Cc1ccc(OCCCCC2Sc3ccccc3Oc3ccccc32)cc1)OC. The summed E-state index contributed by atoms with van der Waals surface area (Å²) in [5, 5.41) is 0.349. The van der Waals surface area contributed by atoms with Gasteiger partial charge >= 0.3 is 5.97 Å². The van der Waals surface area contributed by atoms with Crippen LogP contribution in [0.2, 0.25) is 0 Å². The number of hydrogen-bond donors (Lipinski definition) is 0. The van der Waals surface area contributed by atoms with Crippen LogP contribution in [0.15, 0.2) is 77.7 Å². The summed E-state index contributed by atoms with van der Waals surface area (Å²) in [6.07, 6.45) is 2.96. The van der Waals surface area contributed by atoms with Crippen LogP contribution >= 0.6 is 11.8 Å². The Morgan fingerprint density at radius 3 is 2.49 bits per heavy atom. The molecule has 0 bridgehead atoms. The van der Waals surface area contributed by atoms with E-state index in [1.54, 1.807) is 6.92 Å². The molecule has 1 aliphatic heterocycles. The number of rotatable bonds is 11. The Kier molecular flexibility index (Phi) is 9.09. The number of methoxy groups -OCH3 is 1. The second-order valence-electron chi connectivity index (χ2n) is 8.36. The van der Waals surface area contributed by atoms with E-state index in [0.717, 1.165) is 42.1 Å². The molecule has 4 rings (SSSR count). The number of thioether (sulfide) groups is 1. The van der Waals surface area contributed by atoms with E-state index in [-0.39, 0.29) is 5.97 Å². The Morgan fingerprint density at radius 2 is 1.71 bits per heavy atom. The molecule has 0 fully saturated rings. The van der Waals surface area contributed by atoms with Crippen LogP contribution in [0.5, 0.6) is 17.2 Å². The Labute approximate surface area is 211 Å². The number of para-hydroxylation sites is 2. The smallest absolute Gasteiger partial charge is 0.335 e. The maximum absolute atomic E-state index is 11.9. The van der Waals surface area contributed by atoms with E-state index in [4.69, 9.17) is 18.9 Å². The summed E-state index contributed by atoms with van der Waals surface area (Å²) in [7, 11) is 1.52. The van der Waals surface area contributed by atoms with Crippen molar-refractivity contribution in [3.63, 3.8) is 0 Å². The van der Waals surface area contributed by atoms with E-state index < -0.39 is 6.10 Å². The maximum atomic E-state index is 11.9. The number of unbranched alkanes of at least 4 members (excludes halogenated alkanes) is 1. The maximum Gasteiger partial charge on any atom is 0.335 e. The van der Waals surface area contributed by atoms with Gasteiger partial charge in [0.05, 0.1) is 18.1 Å². The van der Waals surface area contributed by atoms with Gasteiger partial charge in [0.2, 0.25) is 0 Å². The summed E-state index contributed by atoms with van der Waals surface area (Å²) in [6.45, 7) is 2.80. The Bertz CT molecular complexity index is 1100. The Hall–Kier alpha value is -2.96. The van der Waals surface area contributed by atoms with Crippen LogP contribution < -0.4 is 9.47 Å². The minimum atomic E-state index is -0.592. The average Bonchev–Trinajstić information content (AvgIpc) is 3.04. The number of benzene rings is 3. The molecular weight excluding hydrogens is 460 g/mol. The third kappa shape index (κ3) is 6.80. The lowest BCUT2D eigenvalue weighted by Gasteiger charge is -2.16. The van der Waals surface area contributed by atoms with Crippen LogP contribution in [0.25, 0.3) is 0 Å². The topological polar surface area (TPSA) is 54.0 Å². The van der Waals surface area contributed by atoms with Crippen LogP contribution in [0.1, 0.15) is 42.6 Å². The van der Waals surface area contributed by atoms with E-state index in [1.165, 1.54) is 17.6 Å². The van der Waals surface area contributed by atoms with Crippen molar-refractivity contribution in [2.45, 2.75) is 48.9 Å². The van der Waals surface area contributed by atoms with Crippen LogP contribution in [0.4, 0.5) is 0 Å². The van der Waals surface area contributed by atoms with Crippen LogP contribution in [0.3, 0.4) is 0 Å². The summed E-state index contributed by atoms with van der Waals surface area (Å²) in [5.74, 6) is 2.37. The number of ether oxygens (including phenoxy) is 4. The van der Waals surface area contributed by atoms with Crippen molar-refractivity contribution in [2.75, 3.05) is 20.3 Å². The predicted molar refractivity (Wildman–Crippen MR) is 138 cm³/mol. The molecule has 0 aromatic heterocycles. The number of carbonyl (C=O) groups excluding carboxylic acids is 1. The van der Waals surface area contributed by atoms with Gasteiger partial charge in [-0.25, -0.2) is 4.79 Å². The molecule has 0 saturated heterocycles. The number of fused-ring (bicyclic) bond motifs is 2. The standard InChI is InChI=1S/C29H32O5S/c1-3-32-29(30)26(31-2)20-21-15-17-22(18-16-21)33-19-9-8-13-27-23-10-4-5-11-24(23)34-25-12-6-7-14-28(25)35-27/h4-7,10-12,14-18,26-27H,3,8-9,13,19-20H2,1-2H3. The first kappa shape index (κ1) is 25.1. The quantitative estimate of drug-likeness (QED) is 0.212. The Balaban J connectivity index is 1.25. The monoisotopic (exact) mass is 492 g/mol. The fourth-order valence-corrected chi connectivity index (χ4v) is 5.37. The van der Waals surface area contributed by atoms with Gasteiger partial charge in [-0.3, -0.25) is 0 Å². The van der Waals surface area contributed by atoms with Gasteiger partial charge in [0.15, 0.2) is 6.10 Å². The third-order valence-electron chi connectivity index (χ3n) is 5.91. The van der Waals surface area contributed by atoms with Crippen molar-refractivity contribution < 1.29 is 23.7 Å². The van der Waals surface area contributed by atoms with E-state index in [9.17, 15) is 4.79 Å². The molecule has 5 nitrogen and oxygen atoms in total. The minimum absolute atomic E-state index is 0.333. The molecule has 0 spiro atoms. The van der Waals surface area contributed by atoms with E-state index in [2.05, 4.69) is 30.3 Å². The van der Waals surface area contributed by atoms with E-state index in [1.807, 2.05) is 54.2 Å². The molecule has 2 unspecified atom stereocenters.